The van der Waals surface area contributed by atoms with Crippen LogP contribution in [0.4, 0.5) is 0 Å². The summed E-state index contributed by atoms with van der Waals surface area (Å²) in [5, 5.41) is 3.96. The van der Waals surface area contributed by atoms with E-state index in [2.05, 4.69) is 14.9 Å². The number of aromatic nitrogens is 2. The van der Waals surface area contributed by atoms with Gasteiger partial charge in [-0.3, -0.25) is 9.69 Å². The molecule has 1 aromatic rings. The standard InChI is InChI=1S/C12H19N3O3/c1-8(2)15(7-11(16)17-3)6-10-13-12(14-18-10)9-4-5-9/h8-9H,4-7H2,1-3H3. The molecule has 2 rings (SSSR count). The van der Waals surface area contributed by atoms with Crippen molar-refractivity contribution in [2.45, 2.75) is 45.2 Å². The monoisotopic (exact) mass is 253 g/mol. The maximum absolute atomic E-state index is 11.3. The molecule has 0 saturated heterocycles. The molecule has 1 heterocycles. The van der Waals surface area contributed by atoms with E-state index in [4.69, 9.17) is 4.52 Å². The van der Waals surface area contributed by atoms with Gasteiger partial charge >= 0.3 is 5.97 Å². The highest BCUT2D eigenvalue weighted by Gasteiger charge is 2.29. The lowest BCUT2D eigenvalue weighted by atomic mass is 10.3. The fourth-order valence-electron chi connectivity index (χ4n) is 1.66. The highest BCUT2D eigenvalue weighted by molar-refractivity contribution is 5.71. The van der Waals surface area contributed by atoms with Gasteiger partial charge in [0.2, 0.25) is 5.89 Å². The fourth-order valence-corrected chi connectivity index (χ4v) is 1.66. The van der Waals surface area contributed by atoms with E-state index in [9.17, 15) is 4.79 Å². The summed E-state index contributed by atoms with van der Waals surface area (Å²) < 4.78 is 9.88. The van der Waals surface area contributed by atoms with Gasteiger partial charge in [-0.15, -0.1) is 0 Å². The van der Waals surface area contributed by atoms with Gasteiger partial charge in [0.25, 0.3) is 0 Å². The van der Waals surface area contributed by atoms with Crippen molar-refractivity contribution in [1.82, 2.24) is 15.0 Å². The fraction of sp³-hybridized carbons (Fsp3) is 0.750. The quantitative estimate of drug-likeness (QED) is 0.712. The number of hydrogen-bond donors (Lipinski definition) is 0. The van der Waals surface area contributed by atoms with Crippen molar-refractivity contribution in [2.75, 3.05) is 13.7 Å². The highest BCUT2D eigenvalue weighted by Crippen LogP contribution is 2.38. The molecule has 18 heavy (non-hydrogen) atoms. The maximum Gasteiger partial charge on any atom is 0.319 e. The van der Waals surface area contributed by atoms with Crippen LogP contribution < -0.4 is 0 Å². The molecule has 0 spiro atoms. The smallest absolute Gasteiger partial charge is 0.319 e. The summed E-state index contributed by atoms with van der Waals surface area (Å²) in [5.74, 6) is 1.59. The summed E-state index contributed by atoms with van der Waals surface area (Å²) in [6.07, 6.45) is 2.30. The van der Waals surface area contributed by atoms with Crippen molar-refractivity contribution in [3.05, 3.63) is 11.7 Å². The van der Waals surface area contributed by atoms with Gasteiger partial charge in [-0.2, -0.15) is 4.98 Å². The number of carbonyl (C=O) groups excluding carboxylic acids is 1. The van der Waals surface area contributed by atoms with Gasteiger partial charge in [0.05, 0.1) is 20.2 Å². The number of carbonyl (C=O) groups is 1. The minimum atomic E-state index is -0.259. The molecule has 1 saturated carbocycles. The molecule has 0 atom stereocenters. The maximum atomic E-state index is 11.3. The van der Waals surface area contributed by atoms with Crippen LogP contribution in [0.15, 0.2) is 4.52 Å². The minimum absolute atomic E-state index is 0.209. The van der Waals surface area contributed by atoms with Crippen LogP contribution in [0.5, 0.6) is 0 Å². The Morgan fingerprint density at radius 2 is 2.28 bits per heavy atom. The predicted molar refractivity (Wildman–Crippen MR) is 63.8 cm³/mol. The molecule has 0 N–H and O–H groups in total. The number of ether oxygens (including phenoxy) is 1. The molecule has 6 heteroatoms. The Morgan fingerprint density at radius 1 is 1.56 bits per heavy atom. The van der Waals surface area contributed by atoms with Crippen LogP contribution in [-0.2, 0) is 16.1 Å². The SMILES string of the molecule is COC(=O)CN(Cc1nc(C2CC2)no1)C(C)C. The lowest BCUT2D eigenvalue weighted by molar-refractivity contribution is -0.142. The van der Waals surface area contributed by atoms with E-state index in [0.717, 1.165) is 18.7 Å². The number of esters is 1. The summed E-state index contributed by atoms with van der Waals surface area (Å²) in [6, 6.07) is 0.209. The van der Waals surface area contributed by atoms with Crippen LogP contribution >= 0.6 is 0 Å². The molecule has 0 radical (unpaired) electrons. The lowest BCUT2D eigenvalue weighted by Crippen LogP contribution is -2.35. The van der Waals surface area contributed by atoms with Crippen LogP contribution in [0.25, 0.3) is 0 Å². The second-order valence-electron chi connectivity index (χ2n) is 4.90. The normalized spacial score (nSPS) is 15.4. The lowest BCUT2D eigenvalue weighted by Gasteiger charge is -2.22. The Morgan fingerprint density at radius 3 is 2.83 bits per heavy atom. The van der Waals surface area contributed by atoms with Gasteiger partial charge in [0.1, 0.15) is 0 Å². The topological polar surface area (TPSA) is 68.5 Å². The number of nitrogens with zero attached hydrogens (tertiary/aromatic N) is 3. The molecule has 6 nitrogen and oxygen atoms in total. The summed E-state index contributed by atoms with van der Waals surface area (Å²) in [4.78, 5) is 17.6. The van der Waals surface area contributed by atoms with Gasteiger partial charge < -0.3 is 9.26 Å². The Balaban J connectivity index is 1.96. The molecule has 0 aliphatic heterocycles. The first-order valence-corrected chi connectivity index (χ1v) is 6.23. The molecular weight excluding hydrogens is 234 g/mol. The first kappa shape index (κ1) is 13.0. The molecule has 0 unspecified atom stereocenters. The summed E-state index contributed by atoms with van der Waals surface area (Å²) >= 11 is 0. The largest absolute Gasteiger partial charge is 0.468 e. The summed E-state index contributed by atoms with van der Waals surface area (Å²) in [6.45, 7) is 4.74. The third kappa shape index (κ3) is 3.29. The van der Waals surface area contributed by atoms with Crippen molar-refractivity contribution < 1.29 is 14.1 Å². The van der Waals surface area contributed by atoms with E-state index in [-0.39, 0.29) is 18.6 Å². The number of methoxy groups -OCH3 is 1. The average molecular weight is 253 g/mol. The van der Waals surface area contributed by atoms with Crippen LogP contribution in [-0.4, -0.2) is 40.7 Å². The molecule has 1 aromatic heterocycles. The Bertz CT molecular complexity index is 412. The average Bonchev–Trinajstić information content (AvgIpc) is 3.09. The molecule has 0 amide bonds. The van der Waals surface area contributed by atoms with Crippen molar-refractivity contribution in [3.63, 3.8) is 0 Å². The van der Waals surface area contributed by atoms with Crippen molar-refractivity contribution in [3.8, 4) is 0 Å². The zero-order valence-corrected chi connectivity index (χ0v) is 11.0. The van der Waals surface area contributed by atoms with Gasteiger partial charge in [-0.25, -0.2) is 0 Å². The van der Waals surface area contributed by atoms with Crippen LogP contribution in [0.1, 0.15) is 44.3 Å². The van der Waals surface area contributed by atoms with Crippen molar-refractivity contribution in [2.24, 2.45) is 0 Å². The van der Waals surface area contributed by atoms with Crippen LogP contribution in [0.2, 0.25) is 0 Å². The number of hydrogen-bond acceptors (Lipinski definition) is 6. The van der Waals surface area contributed by atoms with E-state index in [0.29, 0.717) is 18.4 Å². The highest BCUT2D eigenvalue weighted by atomic mass is 16.5. The van der Waals surface area contributed by atoms with Crippen molar-refractivity contribution >= 4 is 5.97 Å². The summed E-state index contributed by atoms with van der Waals surface area (Å²) in [5.41, 5.74) is 0. The van der Waals surface area contributed by atoms with E-state index in [1.807, 2.05) is 18.7 Å². The van der Waals surface area contributed by atoms with E-state index >= 15 is 0 Å². The van der Waals surface area contributed by atoms with E-state index in [1.165, 1.54) is 7.11 Å². The first-order chi connectivity index (χ1) is 8.60. The summed E-state index contributed by atoms with van der Waals surface area (Å²) in [7, 11) is 1.39. The third-order valence-corrected chi connectivity index (χ3v) is 3.05. The molecule has 100 valence electrons. The third-order valence-electron chi connectivity index (χ3n) is 3.05. The minimum Gasteiger partial charge on any atom is -0.468 e. The molecule has 0 aromatic carbocycles. The zero-order chi connectivity index (χ0) is 13.1. The van der Waals surface area contributed by atoms with Gasteiger partial charge in [0.15, 0.2) is 5.82 Å². The predicted octanol–water partition coefficient (Wildman–Crippen LogP) is 1.33. The zero-order valence-electron chi connectivity index (χ0n) is 11.0. The van der Waals surface area contributed by atoms with E-state index < -0.39 is 0 Å². The number of rotatable bonds is 6. The Hall–Kier alpha value is -1.43. The second kappa shape index (κ2) is 5.48. The molecule has 0 bridgehead atoms. The molecule has 1 aliphatic rings. The van der Waals surface area contributed by atoms with Crippen LogP contribution in [0.3, 0.4) is 0 Å². The van der Waals surface area contributed by atoms with Gasteiger partial charge in [0, 0.05) is 12.0 Å². The molecule has 1 aliphatic carbocycles. The van der Waals surface area contributed by atoms with E-state index in [1.54, 1.807) is 0 Å². The molecular formula is C12H19N3O3. The molecule has 1 fully saturated rings. The van der Waals surface area contributed by atoms with Gasteiger partial charge in [-0.05, 0) is 26.7 Å². The second-order valence-corrected chi connectivity index (χ2v) is 4.90. The Kier molecular flexibility index (Phi) is 3.96. The van der Waals surface area contributed by atoms with Crippen molar-refractivity contribution in [1.29, 1.82) is 0 Å². The van der Waals surface area contributed by atoms with Gasteiger partial charge in [-0.1, -0.05) is 5.16 Å². The van der Waals surface area contributed by atoms with Crippen LogP contribution in [0, 0.1) is 0 Å². The first-order valence-electron chi connectivity index (χ1n) is 6.23. The Labute approximate surface area is 106 Å².